The minimum atomic E-state index is 0.0356. The van der Waals surface area contributed by atoms with E-state index < -0.39 is 0 Å². The van der Waals surface area contributed by atoms with Crippen LogP contribution < -0.4 is 0 Å². The molecule has 0 atom stereocenters. The summed E-state index contributed by atoms with van der Waals surface area (Å²) >= 11 is 0. The van der Waals surface area contributed by atoms with Crippen molar-refractivity contribution in [2.45, 2.75) is 33.4 Å². The van der Waals surface area contributed by atoms with E-state index in [9.17, 15) is 0 Å². The SMILES string of the molecule is CCOCc1cccc(CO)c1.OCc1cccc(CO)c1. The highest BCUT2D eigenvalue weighted by Crippen LogP contribution is 2.06. The number of benzene rings is 2. The molecule has 0 aliphatic carbocycles. The Morgan fingerprint density at radius 3 is 1.55 bits per heavy atom. The van der Waals surface area contributed by atoms with Crippen LogP contribution in [-0.2, 0) is 31.2 Å². The lowest BCUT2D eigenvalue weighted by atomic mass is 10.1. The first-order valence-electron chi connectivity index (χ1n) is 7.29. The van der Waals surface area contributed by atoms with Gasteiger partial charge in [0.2, 0.25) is 0 Å². The van der Waals surface area contributed by atoms with Crippen LogP contribution in [0.5, 0.6) is 0 Å². The number of ether oxygens (including phenoxy) is 1. The van der Waals surface area contributed by atoms with E-state index in [1.807, 2.05) is 49.4 Å². The highest BCUT2D eigenvalue weighted by Gasteiger charge is 1.94. The minimum Gasteiger partial charge on any atom is -0.392 e. The fourth-order valence-corrected chi connectivity index (χ4v) is 1.86. The first-order valence-corrected chi connectivity index (χ1v) is 7.29. The van der Waals surface area contributed by atoms with Gasteiger partial charge in [-0.1, -0.05) is 48.5 Å². The van der Waals surface area contributed by atoms with Crippen molar-refractivity contribution >= 4 is 0 Å². The smallest absolute Gasteiger partial charge is 0.0716 e. The summed E-state index contributed by atoms with van der Waals surface area (Å²) in [7, 11) is 0. The average molecular weight is 304 g/mol. The summed E-state index contributed by atoms with van der Waals surface area (Å²) in [6, 6.07) is 15.0. The van der Waals surface area contributed by atoms with Gasteiger partial charge in [0, 0.05) is 6.61 Å². The predicted octanol–water partition coefficient (Wildman–Crippen LogP) is 2.39. The van der Waals surface area contributed by atoms with Crippen molar-refractivity contribution in [2.24, 2.45) is 0 Å². The van der Waals surface area contributed by atoms with Gasteiger partial charge in [-0.3, -0.25) is 0 Å². The van der Waals surface area contributed by atoms with E-state index in [4.69, 9.17) is 20.1 Å². The maximum atomic E-state index is 8.85. The van der Waals surface area contributed by atoms with Crippen LogP contribution in [0.4, 0.5) is 0 Å². The van der Waals surface area contributed by atoms with Crippen molar-refractivity contribution in [3.8, 4) is 0 Å². The summed E-state index contributed by atoms with van der Waals surface area (Å²) < 4.78 is 5.24. The average Bonchev–Trinajstić information content (AvgIpc) is 2.60. The van der Waals surface area contributed by atoms with Crippen molar-refractivity contribution < 1.29 is 20.1 Å². The number of aliphatic hydroxyl groups excluding tert-OH is 3. The molecule has 120 valence electrons. The third-order valence-electron chi connectivity index (χ3n) is 3.00. The van der Waals surface area contributed by atoms with Crippen molar-refractivity contribution in [3.05, 3.63) is 70.8 Å². The summed E-state index contributed by atoms with van der Waals surface area (Å²) in [5, 5.41) is 26.2. The molecule has 2 aromatic carbocycles. The number of aliphatic hydroxyl groups is 3. The Hall–Kier alpha value is -1.72. The maximum absolute atomic E-state index is 8.85. The van der Waals surface area contributed by atoms with Gasteiger partial charge in [-0.15, -0.1) is 0 Å². The molecule has 4 heteroatoms. The molecule has 0 unspecified atom stereocenters. The summed E-state index contributed by atoms with van der Waals surface area (Å²) in [5.74, 6) is 0. The standard InChI is InChI=1S/C10H14O2.C8H10O2/c1-2-12-8-10-5-3-4-9(6-10)7-11;9-5-7-2-1-3-8(4-7)6-10/h3-6,11H,2,7-8H2,1H3;1-4,9-10H,5-6H2. The topological polar surface area (TPSA) is 69.9 Å². The second-order valence-electron chi connectivity index (χ2n) is 4.75. The molecule has 0 heterocycles. The Bertz CT molecular complexity index is 521. The van der Waals surface area contributed by atoms with Gasteiger partial charge in [0.1, 0.15) is 0 Å². The Labute approximate surface area is 131 Å². The first-order chi connectivity index (χ1) is 10.7. The summed E-state index contributed by atoms with van der Waals surface area (Å²) in [6.07, 6.45) is 0. The molecule has 3 N–H and O–H groups in total. The molecular formula is C18H24O4. The molecule has 0 saturated heterocycles. The Morgan fingerprint density at radius 1 is 0.727 bits per heavy atom. The van der Waals surface area contributed by atoms with Gasteiger partial charge in [-0.25, -0.2) is 0 Å². The highest BCUT2D eigenvalue weighted by atomic mass is 16.5. The third-order valence-corrected chi connectivity index (χ3v) is 3.00. The molecule has 2 aromatic rings. The largest absolute Gasteiger partial charge is 0.392 e. The fraction of sp³-hybridized carbons (Fsp3) is 0.333. The summed E-state index contributed by atoms with van der Waals surface area (Å²) in [5.41, 5.74) is 3.73. The van der Waals surface area contributed by atoms with Gasteiger partial charge < -0.3 is 20.1 Å². The van der Waals surface area contributed by atoms with Crippen LogP contribution in [0.25, 0.3) is 0 Å². The fourth-order valence-electron chi connectivity index (χ4n) is 1.86. The third kappa shape index (κ3) is 6.83. The molecule has 4 nitrogen and oxygen atoms in total. The molecule has 0 bridgehead atoms. The normalized spacial score (nSPS) is 10.0. The quantitative estimate of drug-likeness (QED) is 0.766. The van der Waals surface area contributed by atoms with Crippen LogP contribution in [0.3, 0.4) is 0 Å². The maximum Gasteiger partial charge on any atom is 0.0716 e. The Balaban J connectivity index is 0.000000224. The number of rotatable bonds is 6. The van der Waals surface area contributed by atoms with Crippen LogP contribution >= 0.6 is 0 Å². The van der Waals surface area contributed by atoms with Crippen LogP contribution in [0.15, 0.2) is 48.5 Å². The molecule has 0 radical (unpaired) electrons. The lowest BCUT2D eigenvalue weighted by Crippen LogP contribution is -1.93. The number of hydrogen-bond acceptors (Lipinski definition) is 4. The molecule has 22 heavy (non-hydrogen) atoms. The second kappa shape index (κ2) is 10.9. The minimum absolute atomic E-state index is 0.0356. The van der Waals surface area contributed by atoms with E-state index in [-0.39, 0.29) is 19.8 Å². The lowest BCUT2D eigenvalue weighted by Gasteiger charge is -2.02. The Kier molecular flexibility index (Phi) is 9.11. The van der Waals surface area contributed by atoms with Crippen LogP contribution in [0.2, 0.25) is 0 Å². The molecule has 0 fully saturated rings. The molecule has 0 saturated carbocycles. The molecule has 0 aliphatic rings. The molecule has 0 aromatic heterocycles. The molecule has 0 aliphatic heterocycles. The van der Waals surface area contributed by atoms with E-state index in [0.29, 0.717) is 6.61 Å². The van der Waals surface area contributed by atoms with Gasteiger partial charge in [-0.05, 0) is 29.2 Å². The number of hydrogen-bond donors (Lipinski definition) is 3. The van der Waals surface area contributed by atoms with Gasteiger partial charge in [0.05, 0.1) is 26.4 Å². The van der Waals surface area contributed by atoms with Gasteiger partial charge in [0.25, 0.3) is 0 Å². The lowest BCUT2D eigenvalue weighted by molar-refractivity contribution is 0.134. The monoisotopic (exact) mass is 304 g/mol. The van der Waals surface area contributed by atoms with E-state index in [2.05, 4.69) is 0 Å². The zero-order chi connectivity index (χ0) is 16.2. The predicted molar refractivity (Wildman–Crippen MR) is 86.0 cm³/mol. The van der Waals surface area contributed by atoms with Crippen molar-refractivity contribution in [1.29, 1.82) is 0 Å². The first kappa shape index (κ1) is 18.3. The van der Waals surface area contributed by atoms with E-state index in [0.717, 1.165) is 28.9 Å². The van der Waals surface area contributed by atoms with Crippen LogP contribution in [0.1, 0.15) is 29.2 Å². The van der Waals surface area contributed by atoms with Crippen LogP contribution in [-0.4, -0.2) is 21.9 Å². The van der Waals surface area contributed by atoms with Crippen molar-refractivity contribution in [1.82, 2.24) is 0 Å². The van der Waals surface area contributed by atoms with Crippen molar-refractivity contribution in [3.63, 3.8) is 0 Å². The Morgan fingerprint density at radius 2 is 1.14 bits per heavy atom. The highest BCUT2D eigenvalue weighted by molar-refractivity contribution is 5.22. The van der Waals surface area contributed by atoms with Gasteiger partial charge in [-0.2, -0.15) is 0 Å². The molecule has 2 rings (SSSR count). The zero-order valence-electron chi connectivity index (χ0n) is 12.9. The van der Waals surface area contributed by atoms with Crippen molar-refractivity contribution in [2.75, 3.05) is 6.61 Å². The summed E-state index contributed by atoms with van der Waals surface area (Å²) in [4.78, 5) is 0. The van der Waals surface area contributed by atoms with Gasteiger partial charge in [0.15, 0.2) is 0 Å². The molecular weight excluding hydrogens is 280 g/mol. The molecule has 0 amide bonds. The van der Waals surface area contributed by atoms with Crippen LogP contribution in [0, 0.1) is 0 Å². The molecule has 0 spiro atoms. The van der Waals surface area contributed by atoms with E-state index in [1.165, 1.54) is 0 Å². The van der Waals surface area contributed by atoms with Gasteiger partial charge >= 0.3 is 0 Å². The van der Waals surface area contributed by atoms with E-state index >= 15 is 0 Å². The summed E-state index contributed by atoms with van der Waals surface area (Å²) in [6.45, 7) is 3.49. The zero-order valence-corrected chi connectivity index (χ0v) is 12.9. The second-order valence-corrected chi connectivity index (χ2v) is 4.75. The van der Waals surface area contributed by atoms with E-state index in [1.54, 1.807) is 6.07 Å².